The number of aliphatic carboxylic acids is 1. The number of nitrogens with zero attached hydrogens (tertiary/aromatic N) is 1. The maximum absolute atomic E-state index is 12.7. The van der Waals surface area contributed by atoms with Gasteiger partial charge in [-0.05, 0) is 24.8 Å². The molecule has 1 fully saturated rings. The number of hydrogen-bond donors (Lipinski definition) is 1. The highest BCUT2D eigenvalue weighted by molar-refractivity contribution is 7.92. The second-order valence-corrected chi connectivity index (χ2v) is 8.20. The highest BCUT2D eigenvalue weighted by atomic mass is 32.2. The Morgan fingerprint density at radius 2 is 1.96 bits per heavy atom. The number of rotatable bonds is 5. The van der Waals surface area contributed by atoms with Crippen molar-refractivity contribution in [3.05, 3.63) is 35.9 Å². The molecule has 23 heavy (non-hydrogen) atoms. The molecule has 7 heteroatoms. The first-order valence-corrected chi connectivity index (χ1v) is 9.49. The van der Waals surface area contributed by atoms with Crippen LogP contribution in [0.5, 0.6) is 0 Å². The SMILES string of the molecule is CS(=O)(=O)[C@H](Cc1ccccc1)C(=O)N1CCC[C@H](C(=O)O)C1. The third-order valence-corrected chi connectivity index (χ3v) is 5.54. The number of sulfone groups is 1. The predicted molar refractivity (Wildman–Crippen MR) is 85.7 cm³/mol. The molecule has 6 nitrogen and oxygen atoms in total. The molecule has 1 aliphatic heterocycles. The standard InChI is InChI=1S/C16H21NO5S/c1-23(21,22)14(10-12-6-3-2-4-7-12)15(18)17-9-5-8-13(11-17)16(19)20/h2-4,6-7,13-14H,5,8-11H2,1H3,(H,19,20)/t13-,14+/m0/s1. The Morgan fingerprint density at radius 3 is 2.52 bits per heavy atom. The summed E-state index contributed by atoms with van der Waals surface area (Å²) in [7, 11) is -3.59. The fourth-order valence-electron chi connectivity index (χ4n) is 2.83. The normalized spacial score (nSPS) is 20.0. The molecule has 1 heterocycles. The molecule has 0 aromatic heterocycles. The van der Waals surface area contributed by atoms with Gasteiger partial charge in [0, 0.05) is 19.3 Å². The molecular formula is C16H21NO5S. The van der Waals surface area contributed by atoms with E-state index in [-0.39, 0.29) is 13.0 Å². The van der Waals surface area contributed by atoms with Crippen molar-refractivity contribution in [2.45, 2.75) is 24.5 Å². The lowest BCUT2D eigenvalue weighted by Gasteiger charge is -2.33. The minimum atomic E-state index is -3.59. The lowest BCUT2D eigenvalue weighted by molar-refractivity contribution is -0.145. The highest BCUT2D eigenvalue weighted by Crippen LogP contribution is 2.20. The molecule has 0 unspecified atom stereocenters. The van der Waals surface area contributed by atoms with E-state index in [1.54, 1.807) is 24.3 Å². The van der Waals surface area contributed by atoms with Crippen molar-refractivity contribution >= 4 is 21.7 Å². The Labute approximate surface area is 136 Å². The van der Waals surface area contributed by atoms with Crippen LogP contribution < -0.4 is 0 Å². The third-order valence-electron chi connectivity index (χ3n) is 4.14. The first-order valence-electron chi connectivity index (χ1n) is 7.53. The molecule has 1 amide bonds. The molecule has 0 bridgehead atoms. The molecule has 126 valence electrons. The summed E-state index contributed by atoms with van der Waals surface area (Å²) >= 11 is 0. The fourth-order valence-corrected chi connectivity index (χ4v) is 3.84. The Balaban J connectivity index is 2.19. The maximum Gasteiger partial charge on any atom is 0.308 e. The Bertz CT molecular complexity index is 671. The van der Waals surface area contributed by atoms with E-state index >= 15 is 0 Å². The van der Waals surface area contributed by atoms with Crippen molar-refractivity contribution in [1.29, 1.82) is 0 Å². The van der Waals surface area contributed by atoms with E-state index in [4.69, 9.17) is 5.11 Å². The summed E-state index contributed by atoms with van der Waals surface area (Å²) < 4.78 is 24.1. The van der Waals surface area contributed by atoms with Crippen molar-refractivity contribution < 1.29 is 23.1 Å². The lowest BCUT2D eigenvalue weighted by atomic mass is 9.97. The van der Waals surface area contributed by atoms with Gasteiger partial charge in [-0.1, -0.05) is 30.3 Å². The van der Waals surface area contributed by atoms with Gasteiger partial charge in [0.25, 0.3) is 0 Å². The van der Waals surface area contributed by atoms with Gasteiger partial charge in [0.1, 0.15) is 5.25 Å². The molecule has 2 rings (SSSR count). The highest BCUT2D eigenvalue weighted by Gasteiger charge is 2.36. The van der Waals surface area contributed by atoms with E-state index in [1.165, 1.54) is 4.90 Å². The number of carboxylic acids is 1. The summed E-state index contributed by atoms with van der Waals surface area (Å²) in [5.74, 6) is -2.06. The van der Waals surface area contributed by atoms with Crippen LogP contribution in [0, 0.1) is 5.92 Å². The van der Waals surface area contributed by atoms with E-state index in [0.29, 0.717) is 19.4 Å². The minimum absolute atomic E-state index is 0.0783. The zero-order chi connectivity index (χ0) is 17.0. The van der Waals surface area contributed by atoms with Crippen molar-refractivity contribution in [2.24, 2.45) is 5.92 Å². The number of benzene rings is 1. The van der Waals surface area contributed by atoms with E-state index in [1.807, 2.05) is 6.07 Å². The molecule has 0 spiro atoms. The van der Waals surface area contributed by atoms with Gasteiger partial charge >= 0.3 is 5.97 Å². The summed E-state index contributed by atoms with van der Waals surface area (Å²) in [5.41, 5.74) is 0.767. The number of amides is 1. The number of piperidine rings is 1. The molecule has 0 radical (unpaired) electrons. The zero-order valence-corrected chi connectivity index (χ0v) is 13.8. The molecule has 1 N–H and O–H groups in total. The maximum atomic E-state index is 12.7. The number of carboxylic acid groups (broad SMARTS) is 1. The Hall–Kier alpha value is -1.89. The monoisotopic (exact) mass is 339 g/mol. The molecule has 0 aliphatic carbocycles. The lowest BCUT2D eigenvalue weighted by Crippen LogP contribution is -2.49. The molecule has 1 aromatic rings. The molecular weight excluding hydrogens is 318 g/mol. The summed E-state index contributed by atoms with van der Waals surface area (Å²) in [4.78, 5) is 25.2. The van der Waals surface area contributed by atoms with Gasteiger partial charge < -0.3 is 10.0 Å². The number of carbonyl (C=O) groups excluding carboxylic acids is 1. The smallest absolute Gasteiger partial charge is 0.308 e. The van der Waals surface area contributed by atoms with Gasteiger partial charge in [-0.25, -0.2) is 8.42 Å². The molecule has 0 saturated carbocycles. The van der Waals surface area contributed by atoms with Crippen molar-refractivity contribution in [3.8, 4) is 0 Å². The summed E-state index contributed by atoms with van der Waals surface area (Å²) in [5, 5.41) is 7.95. The first-order chi connectivity index (χ1) is 10.8. The Morgan fingerprint density at radius 1 is 1.30 bits per heavy atom. The van der Waals surface area contributed by atoms with Crippen LogP contribution in [0.25, 0.3) is 0 Å². The third kappa shape index (κ3) is 4.54. The van der Waals surface area contributed by atoms with Crippen LogP contribution in [0.15, 0.2) is 30.3 Å². The molecule has 1 aliphatic rings. The molecule has 1 saturated heterocycles. The van der Waals surface area contributed by atoms with Crippen LogP contribution in [-0.2, 0) is 25.8 Å². The summed E-state index contributed by atoms with van der Waals surface area (Å²) in [6.45, 7) is 0.485. The second-order valence-electron chi connectivity index (χ2n) is 5.97. The van der Waals surface area contributed by atoms with Crippen LogP contribution in [0.3, 0.4) is 0 Å². The predicted octanol–water partition coefficient (Wildman–Crippen LogP) is 0.966. The second kappa shape index (κ2) is 7.12. The number of likely N-dealkylation sites (tertiary alicyclic amines) is 1. The van der Waals surface area contributed by atoms with E-state index < -0.39 is 32.9 Å². The van der Waals surface area contributed by atoms with Crippen LogP contribution in [-0.4, -0.2) is 54.9 Å². The van der Waals surface area contributed by atoms with E-state index in [2.05, 4.69) is 0 Å². The first kappa shape index (κ1) is 17.5. The van der Waals surface area contributed by atoms with E-state index in [9.17, 15) is 18.0 Å². The zero-order valence-electron chi connectivity index (χ0n) is 13.0. The number of carbonyl (C=O) groups is 2. The average molecular weight is 339 g/mol. The van der Waals surface area contributed by atoms with Crippen LogP contribution in [0.4, 0.5) is 0 Å². The number of hydrogen-bond acceptors (Lipinski definition) is 4. The Kier molecular flexibility index (Phi) is 5.41. The molecule has 2 atom stereocenters. The van der Waals surface area contributed by atoms with Gasteiger partial charge in [0.05, 0.1) is 5.92 Å². The van der Waals surface area contributed by atoms with Gasteiger partial charge in [-0.2, -0.15) is 0 Å². The average Bonchev–Trinajstić information content (AvgIpc) is 2.52. The van der Waals surface area contributed by atoms with Gasteiger partial charge in [0.2, 0.25) is 5.91 Å². The van der Waals surface area contributed by atoms with Crippen molar-refractivity contribution in [1.82, 2.24) is 4.90 Å². The quantitative estimate of drug-likeness (QED) is 0.863. The fraction of sp³-hybridized carbons (Fsp3) is 0.500. The topological polar surface area (TPSA) is 91.8 Å². The molecule has 1 aromatic carbocycles. The van der Waals surface area contributed by atoms with Crippen LogP contribution in [0.1, 0.15) is 18.4 Å². The van der Waals surface area contributed by atoms with Crippen molar-refractivity contribution in [3.63, 3.8) is 0 Å². The summed E-state index contributed by atoms with van der Waals surface area (Å²) in [6, 6.07) is 8.97. The van der Waals surface area contributed by atoms with Crippen LogP contribution in [0.2, 0.25) is 0 Å². The minimum Gasteiger partial charge on any atom is -0.481 e. The van der Waals surface area contributed by atoms with Gasteiger partial charge in [-0.15, -0.1) is 0 Å². The van der Waals surface area contributed by atoms with Gasteiger partial charge in [0.15, 0.2) is 9.84 Å². The van der Waals surface area contributed by atoms with E-state index in [0.717, 1.165) is 11.8 Å². The summed E-state index contributed by atoms with van der Waals surface area (Å²) in [6.07, 6.45) is 2.25. The van der Waals surface area contributed by atoms with Crippen molar-refractivity contribution in [2.75, 3.05) is 19.3 Å². The van der Waals surface area contributed by atoms with Crippen LogP contribution >= 0.6 is 0 Å². The van der Waals surface area contributed by atoms with Gasteiger partial charge in [-0.3, -0.25) is 9.59 Å². The largest absolute Gasteiger partial charge is 0.481 e.